The van der Waals surface area contributed by atoms with Crippen LogP contribution in [-0.2, 0) is 0 Å². The van der Waals surface area contributed by atoms with Gasteiger partial charge in [-0.25, -0.2) is 0 Å². The zero-order chi connectivity index (χ0) is 15.2. The molecular weight excluding hydrogens is 284 g/mol. The van der Waals surface area contributed by atoms with Gasteiger partial charge >= 0.3 is 0 Å². The predicted molar refractivity (Wildman–Crippen MR) is 87.2 cm³/mol. The number of hydrogen-bond donors (Lipinski definition) is 0. The topological polar surface area (TPSA) is 26.3 Å². The minimum atomic E-state index is -0.0441. The number of benzene rings is 2. The Hall–Kier alpha value is -2.06. The largest absolute Gasteiger partial charge is 0.493 e. The molecule has 0 radical (unpaired) electrons. The quantitative estimate of drug-likeness (QED) is 0.577. The summed E-state index contributed by atoms with van der Waals surface area (Å²) in [5.74, 6) is 0.673. The van der Waals surface area contributed by atoms with Crippen LogP contribution in [0, 0.1) is 6.92 Å². The van der Waals surface area contributed by atoms with E-state index in [2.05, 4.69) is 0 Å². The van der Waals surface area contributed by atoms with Crippen LogP contribution in [0.2, 0.25) is 5.02 Å². The number of aryl methyl sites for hydroxylation is 1. The smallest absolute Gasteiger partial charge is 0.185 e. The second-order valence-electron chi connectivity index (χ2n) is 4.68. The van der Waals surface area contributed by atoms with Crippen molar-refractivity contribution in [2.75, 3.05) is 6.61 Å². The first-order valence-corrected chi connectivity index (χ1v) is 7.19. The van der Waals surface area contributed by atoms with Gasteiger partial charge in [0, 0.05) is 16.1 Å². The van der Waals surface area contributed by atoms with Crippen LogP contribution in [0.4, 0.5) is 0 Å². The van der Waals surface area contributed by atoms with E-state index in [1.54, 1.807) is 24.3 Å². The first-order valence-electron chi connectivity index (χ1n) is 6.81. The third-order valence-electron chi connectivity index (χ3n) is 3.02. The molecule has 0 bridgehead atoms. The summed E-state index contributed by atoms with van der Waals surface area (Å²) in [5.41, 5.74) is 2.59. The number of rotatable bonds is 5. The molecule has 0 saturated carbocycles. The molecule has 0 N–H and O–H groups in total. The van der Waals surface area contributed by atoms with Crippen LogP contribution in [0.5, 0.6) is 5.75 Å². The summed E-state index contributed by atoms with van der Waals surface area (Å²) in [7, 11) is 0. The van der Waals surface area contributed by atoms with Gasteiger partial charge in [0.2, 0.25) is 0 Å². The van der Waals surface area contributed by atoms with Crippen LogP contribution >= 0.6 is 11.6 Å². The maximum Gasteiger partial charge on any atom is 0.185 e. The normalized spacial score (nSPS) is 10.8. The molecule has 2 aromatic carbocycles. The highest BCUT2D eigenvalue weighted by Gasteiger charge is 2.04. The lowest BCUT2D eigenvalue weighted by molar-refractivity contribution is 0.104. The lowest BCUT2D eigenvalue weighted by atomic mass is 10.1. The molecule has 2 rings (SSSR count). The molecule has 2 aromatic rings. The Morgan fingerprint density at radius 3 is 2.57 bits per heavy atom. The average molecular weight is 301 g/mol. The van der Waals surface area contributed by atoms with E-state index in [0.29, 0.717) is 17.2 Å². The number of halogens is 1. The van der Waals surface area contributed by atoms with Crippen molar-refractivity contribution < 1.29 is 9.53 Å². The van der Waals surface area contributed by atoms with E-state index in [0.717, 1.165) is 16.9 Å². The summed E-state index contributed by atoms with van der Waals surface area (Å²) in [6, 6.07) is 12.9. The van der Waals surface area contributed by atoms with Crippen LogP contribution in [0.25, 0.3) is 6.08 Å². The molecule has 0 amide bonds. The predicted octanol–water partition coefficient (Wildman–Crippen LogP) is 4.94. The Labute approximate surface area is 130 Å². The zero-order valence-electron chi connectivity index (χ0n) is 12.1. The van der Waals surface area contributed by atoms with E-state index >= 15 is 0 Å². The number of ketones is 1. The summed E-state index contributed by atoms with van der Waals surface area (Å²) in [6.07, 6.45) is 3.28. The summed E-state index contributed by atoms with van der Waals surface area (Å²) < 4.78 is 5.52. The molecule has 0 aliphatic rings. The number of ether oxygens (including phenoxy) is 1. The van der Waals surface area contributed by atoms with Crippen molar-refractivity contribution in [3.8, 4) is 5.75 Å². The van der Waals surface area contributed by atoms with Crippen LogP contribution in [0.1, 0.15) is 28.4 Å². The van der Waals surface area contributed by atoms with Crippen molar-refractivity contribution in [1.82, 2.24) is 0 Å². The molecule has 3 heteroatoms. The number of hydrogen-bond acceptors (Lipinski definition) is 2. The zero-order valence-corrected chi connectivity index (χ0v) is 12.9. The number of carbonyl (C=O) groups excluding carboxylic acids is 1. The Bertz CT molecular complexity index is 657. The van der Waals surface area contributed by atoms with Gasteiger partial charge in [-0.15, -0.1) is 0 Å². The van der Waals surface area contributed by atoms with Crippen molar-refractivity contribution in [1.29, 1.82) is 0 Å². The molecule has 21 heavy (non-hydrogen) atoms. The average Bonchev–Trinajstić information content (AvgIpc) is 2.48. The van der Waals surface area contributed by atoms with E-state index < -0.39 is 0 Å². The van der Waals surface area contributed by atoms with Crippen molar-refractivity contribution in [2.24, 2.45) is 0 Å². The summed E-state index contributed by atoms with van der Waals surface area (Å²) in [4.78, 5) is 12.1. The molecule has 0 atom stereocenters. The fourth-order valence-corrected chi connectivity index (χ4v) is 2.10. The van der Waals surface area contributed by atoms with E-state index in [4.69, 9.17) is 16.3 Å². The van der Waals surface area contributed by atoms with E-state index in [-0.39, 0.29) is 5.78 Å². The van der Waals surface area contributed by atoms with Gasteiger partial charge in [-0.3, -0.25) is 4.79 Å². The third kappa shape index (κ3) is 4.20. The van der Waals surface area contributed by atoms with Crippen LogP contribution < -0.4 is 4.74 Å². The van der Waals surface area contributed by atoms with E-state index in [9.17, 15) is 4.79 Å². The Balaban J connectivity index is 2.22. The van der Waals surface area contributed by atoms with Crippen LogP contribution in [0.3, 0.4) is 0 Å². The number of allylic oxidation sites excluding steroid dienone is 1. The fourth-order valence-electron chi connectivity index (χ4n) is 1.92. The van der Waals surface area contributed by atoms with E-state index in [1.165, 1.54) is 0 Å². The van der Waals surface area contributed by atoms with Crippen molar-refractivity contribution in [3.63, 3.8) is 0 Å². The molecule has 108 valence electrons. The van der Waals surface area contributed by atoms with E-state index in [1.807, 2.05) is 44.2 Å². The van der Waals surface area contributed by atoms with Gasteiger partial charge < -0.3 is 4.74 Å². The van der Waals surface area contributed by atoms with Crippen LogP contribution in [0.15, 0.2) is 48.5 Å². The van der Waals surface area contributed by atoms with Gasteiger partial charge in [0.1, 0.15) is 5.75 Å². The highest BCUT2D eigenvalue weighted by atomic mass is 35.5. The molecule has 0 aliphatic heterocycles. The second-order valence-corrected chi connectivity index (χ2v) is 5.12. The molecular formula is C18H17ClO2. The maximum atomic E-state index is 12.1. The van der Waals surface area contributed by atoms with Crippen molar-refractivity contribution in [3.05, 3.63) is 70.3 Å². The molecule has 0 saturated heterocycles. The summed E-state index contributed by atoms with van der Waals surface area (Å²) in [5, 5.41) is 0.612. The molecule has 0 aliphatic carbocycles. The standard InChI is InChI=1S/C18H17ClO2/c1-3-21-18-11-9-16(19)12-15(18)8-10-17(20)14-6-4-13(2)5-7-14/h4-12H,3H2,1-2H3/b10-8+. The van der Waals surface area contributed by atoms with Gasteiger partial charge in [-0.05, 0) is 44.2 Å². The maximum absolute atomic E-state index is 12.1. The minimum Gasteiger partial charge on any atom is -0.493 e. The van der Waals surface area contributed by atoms with Gasteiger partial charge in [0.05, 0.1) is 6.61 Å². The molecule has 0 spiro atoms. The van der Waals surface area contributed by atoms with Crippen molar-refractivity contribution >= 4 is 23.5 Å². The minimum absolute atomic E-state index is 0.0441. The molecule has 0 unspecified atom stereocenters. The molecule has 0 aromatic heterocycles. The Morgan fingerprint density at radius 1 is 1.19 bits per heavy atom. The van der Waals surface area contributed by atoms with Gasteiger partial charge in [-0.1, -0.05) is 41.4 Å². The van der Waals surface area contributed by atoms with Crippen molar-refractivity contribution in [2.45, 2.75) is 13.8 Å². The summed E-state index contributed by atoms with van der Waals surface area (Å²) >= 11 is 5.99. The van der Waals surface area contributed by atoms with Gasteiger partial charge in [0.25, 0.3) is 0 Å². The fraction of sp³-hybridized carbons (Fsp3) is 0.167. The first-order chi connectivity index (χ1) is 10.1. The van der Waals surface area contributed by atoms with Gasteiger partial charge in [-0.2, -0.15) is 0 Å². The lowest BCUT2D eigenvalue weighted by Crippen LogP contribution is -1.96. The third-order valence-corrected chi connectivity index (χ3v) is 3.26. The van der Waals surface area contributed by atoms with Gasteiger partial charge in [0.15, 0.2) is 5.78 Å². The SMILES string of the molecule is CCOc1ccc(Cl)cc1/C=C/C(=O)c1ccc(C)cc1. The first kappa shape index (κ1) is 15.3. The molecule has 2 nitrogen and oxygen atoms in total. The lowest BCUT2D eigenvalue weighted by Gasteiger charge is -2.07. The molecule has 0 heterocycles. The van der Waals surface area contributed by atoms with Crippen LogP contribution in [-0.4, -0.2) is 12.4 Å². The second kappa shape index (κ2) is 7.09. The Kier molecular flexibility index (Phi) is 5.18. The highest BCUT2D eigenvalue weighted by Crippen LogP contribution is 2.24. The summed E-state index contributed by atoms with van der Waals surface area (Å²) in [6.45, 7) is 4.47. The number of carbonyl (C=O) groups is 1. The highest BCUT2D eigenvalue weighted by molar-refractivity contribution is 6.30. The monoisotopic (exact) mass is 300 g/mol. The molecule has 0 fully saturated rings. The Morgan fingerprint density at radius 2 is 1.90 bits per heavy atom.